The number of ether oxygens (including phenoxy) is 10. The first-order valence-electron chi connectivity index (χ1n) is 26.3. The number of benzene rings is 1. The second-order valence-electron chi connectivity index (χ2n) is 21.3. The lowest BCUT2D eigenvalue weighted by Gasteiger charge is -2.52. The lowest BCUT2D eigenvalue weighted by atomic mass is 9.78. The van der Waals surface area contributed by atoms with Gasteiger partial charge < -0.3 is 52.7 Å². The minimum atomic E-state index is -0.683. The molecule has 5 heterocycles. The normalized spacial score (nSPS) is 46.7. The van der Waals surface area contributed by atoms with Gasteiger partial charge in [-0.2, -0.15) is 0 Å². The highest BCUT2D eigenvalue weighted by Crippen LogP contribution is 2.45. The lowest BCUT2D eigenvalue weighted by molar-refractivity contribution is -0.362. The Hall–Kier alpha value is -1.87. The van der Waals surface area contributed by atoms with Gasteiger partial charge in [-0.15, -0.1) is 0 Å². The van der Waals surface area contributed by atoms with Crippen molar-refractivity contribution in [1.29, 1.82) is 0 Å². The second-order valence-corrected chi connectivity index (χ2v) is 21.3. The SMILES string of the molecule is CCC1OC(NC(=O)COc2ccccc2)C(O[C@H]2OC(CC)[C@@H](C)[C@H](O[C@H]3OC(CC)[C@@H](C)[C@H](O[C@H]4OC(CC)[C@@H](C)[C@H](O[C@H]5OC(CC)[C@@H](C)[C@H](C)C5C)C4C)C3C)C2C)[C@@H](C)[C@@H]1C. The Kier molecular flexibility index (Phi) is 19.3. The van der Waals surface area contributed by atoms with Crippen molar-refractivity contribution >= 4 is 5.91 Å². The molecule has 0 spiro atoms. The third kappa shape index (κ3) is 11.7. The summed E-state index contributed by atoms with van der Waals surface area (Å²) in [5.74, 6) is 1.90. The highest BCUT2D eigenvalue weighted by atomic mass is 16.7. The van der Waals surface area contributed by atoms with Crippen molar-refractivity contribution in [3.8, 4) is 5.75 Å². The lowest BCUT2D eigenvalue weighted by Crippen LogP contribution is -2.61. The van der Waals surface area contributed by atoms with Crippen molar-refractivity contribution in [3.63, 3.8) is 0 Å². The zero-order valence-corrected chi connectivity index (χ0v) is 43.6. The molecule has 1 amide bonds. The summed E-state index contributed by atoms with van der Waals surface area (Å²) in [5.41, 5.74) is 0. The third-order valence-electron chi connectivity index (χ3n) is 17.2. The van der Waals surface area contributed by atoms with Crippen LogP contribution in [-0.4, -0.2) is 98.8 Å². The van der Waals surface area contributed by atoms with E-state index in [0.29, 0.717) is 17.6 Å². The van der Waals surface area contributed by atoms with Crippen molar-refractivity contribution < 1.29 is 52.2 Å². The fourth-order valence-electron chi connectivity index (χ4n) is 12.1. The summed E-state index contributed by atoms with van der Waals surface area (Å²) in [6.07, 6.45) is 0.660. The average Bonchev–Trinajstić information content (AvgIpc) is 3.31. The van der Waals surface area contributed by atoms with Crippen LogP contribution in [0.5, 0.6) is 5.75 Å². The van der Waals surface area contributed by atoms with E-state index in [1.807, 2.05) is 30.3 Å². The van der Waals surface area contributed by atoms with E-state index in [1.165, 1.54) is 0 Å². The molecule has 5 aliphatic heterocycles. The number of rotatable bonds is 17. The molecular weight excluding hydrogens is 839 g/mol. The zero-order chi connectivity index (χ0) is 48.1. The fourth-order valence-corrected chi connectivity index (χ4v) is 12.1. The van der Waals surface area contributed by atoms with E-state index in [0.717, 1.165) is 32.1 Å². The molecule has 0 aromatic heterocycles. The van der Waals surface area contributed by atoms with Crippen LogP contribution in [0, 0.1) is 65.1 Å². The summed E-state index contributed by atoms with van der Waals surface area (Å²) in [7, 11) is 0. The number of para-hydroxylation sites is 1. The summed E-state index contributed by atoms with van der Waals surface area (Å²) in [6.45, 7) is 35.3. The van der Waals surface area contributed by atoms with E-state index >= 15 is 0 Å². The highest BCUT2D eigenvalue weighted by Gasteiger charge is 2.53. The fraction of sp³-hybridized carbons (Fsp3) is 0.870. The van der Waals surface area contributed by atoms with Gasteiger partial charge in [0, 0.05) is 41.4 Å². The molecule has 12 nitrogen and oxygen atoms in total. The molecule has 1 aromatic rings. The van der Waals surface area contributed by atoms with Crippen LogP contribution >= 0.6 is 0 Å². The Morgan fingerprint density at radius 2 is 0.773 bits per heavy atom. The molecule has 5 aliphatic rings. The third-order valence-corrected chi connectivity index (χ3v) is 17.2. The summed E-state index contributed by atoms with van der Waals surface area (Å²) in [4.78, 5) is 13.4. The Bertz CT molecular complexity index is 1620. The van der Waals surface area contributed by atoms with Crippen LogP contribution in [0.25, 0.3) is 0 Å². The molecule has 0 saturated carbocycles. The molecule has 5 saturated heterocycles. The van der Waals surface area contributed by atoms with Gasteiger partial charge in [-0.05, 0) is 67.9 Å². The predicted molar refractivity (Wildman–Crippen MR) is 255 cm³/mol. The summed E-state index contributed by atoms with van der Waals surface area (Å²) in [5, 5.41) is 3.12. The minimum Gasteiger partial charge on any atom is -0.484 e. The molecule has 1 aromatic carbocycles. The molecule has 5 fully saturated rings. The number of hydrogen-bond acceptors (Lipinski definition) is 11. The van der Waals surface area contributed by atoms with Gasteiger partial charge in [0.15, 0.2) is 38.0 Å². The van der Waals surface area contributed by atoms with Crippen molar-refractivity contribution in [1.82, 2.24) is 5.32 Å². The zero-order valence-electron chi connectivity index (χ0n) is 43.6. The standard InChI is InChI=1S/C54H91NO11/c1-17-40-30(8)31(9)49(50(58-40)55-45(56)27-57-39-25-23-22-24-26-39)66-54-38(16)48(35(13)44(21-5)62-54)65-53-37(15)47(34(12)43(20-4)61-53)64-52-36(14)46(33(11)42(19-3)60-52)63-51-32(10)28(6)29(7)41(18-2)59-51/h22-26,28-38,40-44,46-54H,17-21,27H2,1-16H3,(H,55,56)/t28-,29-,30-,31-,32?,33+,34+,35+,36?,37?,38?,40?,41?,42?,43?,44?,46-,47-,48-,49?,50?,51+,52+,53+,54+/m0/s1. The summed E-state index contributed by atoms with van der Waals surface area (Å²) >= 11 is 0. The van der Waals surface area contributed by atoms with E-state index < -0.39 is 31.2 Å². The van der Waals surface area contributed by atoms with E-state index in [4.69, 9.17) is 47.4 Å². The van der Waals surface area contributed by atoms with Crippen LogP contribution in [0.3, 0.4) is 0 Å². The number of carbonyl (C=O) groups excluding carboxylic acids is 1. The largest absolute Gasteiger partial charge is 0.484 e. The molecule has 66 heavy (non-hydrogen) atoms. The first-order valence-corrected chi connectivity index (χ1v) is 26.3. The maximum atomic E-state index is 13.4. The number of carbonyl (C=O) groups is 1. The summed E-state index contributed by atoms with van der Waals surface area (Å²) < 4.78 is 68.4. The van der Waals surface area contributed by atoms with Crippen molar-refractivity contribution in [2.75, 3.05) is 6.61 Å². The molecule has 1 N–H and O–H groups in total. The predicted octanol–water partition coefficient (Wildman–Crippen LogP) is 10.4. The molecular formula is C54H91NO11. The van der Waals surface area contributed by atoms with Gasteiger partial charge in [-0.3, -0.25) is 4.79 Å². The van der Waals surface area contributed by atoms with Gasteiger partial charge in [-0.25, -0.2) is 0 Å². The van der Waals surface area contributed by atoms with Crippen LogP contribution in [0.2, 0.25) is 0 Å². The van der Waals surface area contributed by atoms with Gasteiger partial charge in [0.1, 0.15) is 11.9 Å². The van der Waals surface area contributed by atoms with E-state index in [2.05, 4.69) is 116 Å². The first kappa shape index (κ1) is 53.5. The van der Waals surface area contributed by atoms with Gasteiger partial charge >= 0.3 is 0 Å². The Balaban J connectivity index is 1.18. The van der Waals surface area contributed by atoms with Crippen molar-refractivity contribution in [2.45, 2.75) is 229 Å². The number of hydrogen-bond donors (Lipinski definition) is 1. The van der Waals surface area contributed by atoms with Crippen LogP contribution in [-0.2, 0) is 47.4 Å². The maximum absolute atomic E-state index is 13.4. The van der Waals surface area contributed by atoms with Gasteiger partial charge in [-0.1, -0.05) is 129 Å². The van der Waals surface area contributed by atoms with Crippen LogP contribution in [0.1, 0.15) is 143 Å². The van der Waals surface area contributed by atoms with Crippen LogP contribution < -0.4 is 10.1 Å². The molecule has 0 aliphatic carbocycles. The molecule has 378 valence electrons. The van der Waals surface area contributed by atoms with E-state index in [9.17, 15) is 4.79 Å². The molecule has 0 radical (unpaired) electrons. The topological polar surface area (TPSA) is 121 Å². The maximum Gasteiger partial charge on any atom is 0.259 e. The average molecular weight is 930 g/mol. The van der Waals surface area contributed by atoms with Gasteiger partial charge in [0.2, 0.25) is 0 Å². The highest BCUT2D eigenvalue weighted by molar-refractivity contribution is 5.77. The van der Waals surface area contributed by atoms with E-state index in [-0.39, 0.29) is 121 Å². The molecule has 0 bridgehead atoms. The number of nitrogens with one attached hydrogen (secondary N) is 1. The molecule has 6 rings (SSSR count). The van der Waals surface area contributed by atoms with Crippen LogP contribution in [0.4, 0.5) is 0 Å². The van der Waals surface area contributed by atoms with Crippen molar-refractivity contribution in [2.24, 2.45) is 65.1 Å². The minimum absolute atomic E-state index is 0.0107. The Labute approximate surface area is 399 Å². The second kappa shape index (κ2) is 23.8. The Morgan fingerprint density at radius 3 is 1.18 bits per heavy atom. The number of amides is 1. The smallest absolute Gasteiger partial charge is 0.259 e. The van der Waals surface area contributed by atoms with Gasteiger partial charge in [0.05, 0.1) is 48.8 Å². The quantitative estimate of drug-likeness (QED) is 0.161. The summed E-state index contributed by atoms with van der Waals surface area (Å²) in [6, 6.07) is 9.35. The molecule has 12 heteroatoms. The first-order chi connectivity index (χ1) is 31.5. The van der Waals surface area contributed by atoms with Crippen LogP contribution in [0.15, 0.2) is 30.3 Å². The Morgan fingerprint density at radius 1 is 0.424 bits per heavy atom. The molecule has 11 unspecified atom stereocenters. The monoisotopic (exact) mass is 930 g/mol. The van der Waals surface area contributed by atoms with Crippen molar-refractivity contribution in [3.05, 3.63) is 30.3 Å². The van der Waals surface area contributed by atoms with E-state index in [1.54, 1.807) is 0 Å². The molecule has 25 atom stereocenters. The van der Waals surface area contributed by atoms with Gasteiger partial charge in [0.25, 0.3) is 5.91 Å².